The van der Waals surface area contributed by atoms with E-state index in [-0.39, 0.29) is 5.75 Å². The second-order valence-corrected chi connectivity index (χ2v) is 6.00. The first kappa shape index (κ1) is 14.8. The average Bonchev–Trinajstić information content (AvgIpc) is 2.35. The van der Waals surface area contributed by atoms with Crippen molar-refractivity contribution in [1.82, 2.24) is 0 Å². The maximum atomic E-state index is 11.8. The van der Waals surface area contributed by atoms with Crippen LogP contribution in [0.4, 0.5) is 5.69 Å². The number of hydrogen-bond acceptors (Lipinski definition) is 3. The Balaban J connectivity index is 2.85. The van der Waals surface area contributed by atoms with Gasteiger partial charge in [-0.1, -0.05) is 20.3 Å². The highest BCUT2D eigenvalue weighted by Crippen LogP contribution is 2.23. The van der Waals surface area contributed by atoms with Crippen molar-refractivity contribution in [2.24, 2.45) is 0 Å². The molecule has 0 aliphatic carbocycles. The molecule has 0 heterocycles. The van der Waals surface area contributed by atoms with Gasteiger partial charge >= 0.3 is 0 Å². The van der Waals surface area contributed by atoms with Crippen molar-refractivity contribution < 1.29 is 13.2 Å². The molecule has 4 nitrogen and oxygen atoms in total. The van der Waals surface area contributed by atoms with Gasteiger partial charge < -0.3 is 4.74 Å². The van der Waals surface area contributed by atoms with E-state index in [1.165, 1.54) is 0 Å². The third-order valence-corrected chi connectivity index (χ3v) is 4.07. The molecule has 0 aliphatic rings. The Hall–Kier alpha value is -1.23. The minimum absolute atomic E-state index is 0.164. The van der Waals surface area contributed by atoms with Gasteiger partial charge in [-0.2, -0.15) is 0 Å². The molecule has 5 heteroatoms. The summed E-state index contributed by atoms with van der Waals surface area (Å²) in [5.41, 5.74) is 1.59. The van der Waals surface area contributed by atoms with E-state index >= 15 is 0 Å². The molecule has 1 aromatic carbocycles. The van der Waals surface area contributed by atoms with Crippen molar-refractivity contribution in [1.29, 1.82) is 0 Å². The molecule has 0 radical (unpaired) electrons. The standard InChI is InChI=1S/C13H21NO3S/c1-4-6-9-18(15,16)14-12-7-8-13(17-3)11(5-2)10-12/h7-8,10,14H,4-6,9H2,1-3H3. The van der Waals surface area contributed by atoms with E-state index in [1.54, 1.807) is 19.2 Å². The van der Waals surface area contributed by atoms with Crippen molar-refractivity contribution in [3.05, 3.63) is 23.8 Å². The molecule has 0 saturated heterocycles. The van der Waals surface area contributed by atoms with E-state index in [9.17, 15) is 8.42 Å². The molecular formula is C13H21NO3S. The van der Waals surface area contributed by atoms with Crippen LogP contribution in [0.5, 0.6) is 5.75 Å². The summed E-state index contributed by atoms with van der Waals surface area (Å²) in [6, 6.07) is 5.33. The molecule has 0 aromatic heterocycles. The van der Waals surface area contributed by atoms with Gasteiger partial charge in [-0.15, -0.1) is 0 Å². The topological polar surface area (TPSA) is 55.4 Å². The number of aryl methyl sites for hydroxylation is 1. The Morgan fingerprint density at radius 2 is 2.00 bits per heavy atom. The van der Waals surface area contributed by atoms with Gasteiger partial charge in [0.05, 0.1) is 12.9 Å². The van der Waals surface area contributed by atoms with Crippen molar-refractivity contribution in [2.75, 3.05) is 17.6 Å². The number of benzene rings is 1. The summed E-state index contributed by atoms with van der Waals surface area (Å²) in [5.74, 6) is 0.950. The lowest BCUT2D eigenvalue weighted by molar-refractivity contribution is 0.410. The molecular weight excluding hydrogens is 250 g/mol. The molecule has 1 aromatic rings. The summed E-state index contributed by atoms with van der Waals surface area (Å²) in [6.45, 7) is 3.98. The molecule has 0 fully saturated rings. The Morgan fingerprint density at radius 3 is 2.56 bits per heavy atom. The van der Waals surface area contributed by atoms with Crippen molar-refractivity contribution in [2.45, 2.75) is 33.1 Å². The first-order valence-corrected chi connectivity index (χ1v) is 7.85. The highest BCUT2D eigenvalue weighted by Gasteiger charge is 2.10. The van der Waals surface area contributed by atoms with Gasteiger partial charge in [0, 0.05) is 5.69 Å². The normalized spacial score (nSPS) is 11.3. The van der Waals surface area contributed by atoms with Gasteiger partial charge in [0.25, 0.3) is 0 Å². The summed E-state index contributed by atoms with van der Waals surface area (Å²) in [6.07, 6.45) is 2.34. The third kappa shape index (κ3) is 4.22. The smallest absolute Gasteiger partial charge is 0.232 e. The van der Waals surface area contributed by atoms with Crippen LogP contribution in [-0.2, 0) is 16.4 Å². The van der Waals surface area contributed by atoms with Crippen LogP contribution >= 0.6 is 0 Å². The van der Waals surface area contributed by atoms with Crippen LogP contribution in [0.2, 0.25) is 0 Å². The average molecular weight is 271 g/mol. The van der Waals surface area contributed by atoms with Crippen molar-refractivity contribution in [3.8, 4) is 5.75 Å². The largest absolute Gasteiger partial charge is 0.496 e. The molecule has 18 heavy (non-hydrogen) atoms. The molecule has 102 valence electrons. The van der Waals surface area contributed by atoms with Gasteiger partial charge in [0.1, 0.15) is 5.75 Å². The second-order valence-electron chi connectivity index (χ2n) is 4.15. The van der Waals surface area contributed by atoms with Crippen molar-refractivity contribution >= 4 is 15.7 Å². The Kier molecular flexibility index (Phi) is 5.47. The number of anilines is 1. The van der Waals surface area contributed by atoms with E-state index in [1.807, 2.05) is 19.9 Å². The first-order chi connectivity index (χ1) is 8.52. The van der Waals surface area contributed by atoms with Gasteiger partial charge in [0.2, 0.25) is 10.0 Å². The van der Waals surface area contributed by atoms with E-state index in [0.29, 0.717) is 12.1 Å². The number of methoxy groups -OCH3 is 1. The van der Waals surface area contributed by atoms with E-state index in [0.717, 1.165) is 24.2 Å². The fourth-order valence-electron chi connectivity index (χ4n) is 1.68. The molecule has 0 unspecified atom stereocenters. The van der Waals surface area contributed by atoms with Crippen LogP contribution in [0.15, 0.2) is 18.2 Å². The predicted octanol–water partition coefficient (Wildman–Crippen LogP) is 2.80. The lowest BCUT2D eigenvalue weighted by Gasteiger charge is -2.11. The SMILES string of the molecule is CCCCS(=O)(=O)Nc1ccc(OC)c(CC)c1. The van der Waals surface area contributed by atoms with Gasteiger partial charge in [-0.3, -0.25) is 4.72 Å². The van der Waals surface area contributed by atoms with Crippen LogP contribution < -0.4 is 9.46 Å². The third-order valence-electron chi connectivity index (χ3n) is 2.70. The van der Waals surface area contributed by atoms with E-state index in [2.05, 4.69) is 4.72 Å². The molecule has 0 aliphatic heterocycles. The molecule has 0 atom stereocenters. The molecule has 0 amide bonds. The number of unbranched alkanes of at least 4 members (excludes halogenated alkanes) is 1. The van der Waals surface area contributed by atoms with Crippen LogP contribution in [0.3, 0.4) is 0 Å². The highest BCUT2D eigenvalue weighted by molar-refractivity contribution is 7.92. The van der Waals surface area contributed by atoms with Gasteiger partial charge in [0.15, 0.2) is 0 Å². The molecule has 1 N–H and O–H groups in total. The summed E-state index contributed by atoms with van der Waals surface area (Å²) < 4.78 is 31.3. The van der Waals surface area contributed by atoms with Crippen LogP contribution in [0, 0.1) is 0 Å². The maximum Gasteiger partial charge on any atom is 0.232 e. The predicted molar refractivity (Wildman–Crippen MR) is 74.7 cm³/mol. The second kappa shape index (κ2) is 6.64. The van der Waals surface area contributed by atoms with E-state index < -0.39 is 10.0 Å². The molecule has 0 bridgehead atoms. The highest BCUT2D eigenvalue weighted by atomic mass is 32.2. The molecule has 0 spiro atoms. The van der Waals surface area contributed by atoms with Crippen molar-refractivity contribution in [3.63, 3.8) is 0 Å². The van der Waals surface area contributed by atoms with Crippen LogP contribution in [0.25, 0.3) is 0 Å². The summed E-state index contributed by atoms with van der Waals surface area (Å²) in [4.78, 5) is 0. The number of ether oxygens (including phenoxy) is 1. The monoisotopic (exact) mass is 271 g/mol. The molecule has 0 saturated carbocycles. The van der Waals surface area contributed by atoms with E-state index in [4.69, 9.17) is 4.74 Å². The Labute approximate surface area is 109 Å². The minimum Gasteiger partial charge on any atom is -0.496 e. The fraction of sp³-hybridized carbons (Fsp3) is 0.538. The van der Waals surface area contributed by atoms with Crippen LogP contribution in [0.1, 0.15) is 32.3 Å². The quantitative estimate of drug-likeness (QED) is 0.829. The number of rotatable bonds is 7. The molecule has 1 rings (SSSR count). The Bertz CT molecular complexity index is 483. The van der Waals surface area contributed by atoms with Gasteiger partial charge in [-0.05, 0) is 36.6 Å². The minimum atomic E-state index is -3.23. The number of hydrogen-bond donors (Lipinski definition) is 1. The zero-order valence-corrected chi connectivity index (χ0v) is 12.0. The zero-order chi connectivity index (χ0) is 13.6. The first-order valence-electron chi connectivity index (χ1n) is 6.19. The lowest BCUT2D eigenvalue weighted by atomic mass is 10.1. The summed E-state index contributed by atoms with van der Waals surface area (Å²) in [5, 5.41) is 0. The maximum absolute atomic E-state index is 11.8. The van der Waals surface area contributed by atoms with Gasteiger partial charge in [-0.25, -0.2) is 8.42 Å². The zero-order valence-electron chi connectivity index (χ0n) is 11.2. The summed E-state index contributed by atoms with van der Waals surface area (Å²) in [7, 11) is -1.62. The number of sulfonamides is 1. The number of nitrogens with one attached hydrogen (secondary N) is 1. The lowest BCUT2D eigenvalue weighted by Crippen LogP contribution is -2.16. The van der Waals surface area contributed by atoms with Crippen LogP contribution in [-0.4, -0.2) is 21.3 Å². The summed E-state index contributed by atoms with van der Waals surface area (Å²) >= 11 is 0. The Morgan fingerprint density at radius 1 is 1.28 bits per heavy atom. The fourth-order valence-corrected chi connectivity index (χ4v) is 2.94.